The molecular weight excluding hydrogens is 452 g/mol. The van der Waals surface area contributed by atoms with E-state index in [0.717, 1.165) is 27.5 Å². The van der Waals surface area contributed by atoms with E-state index in [1.54, 1.807) is 12.3 Å². The molecule has 4 aromatic rings. The second-order valence-electron chi connectivity index (χ2n) is 9.44. The maximum absolute atomic E-state index is 13.3. The van der Waals surface area contributed by atoms with E-state index in [0.29, 0.717) is 16.7 Å². The Bertz CT molecular complexity index is 1360. The zero-order chi connectivity index (χ0) is 22.3. The highest BCUT2D eigenvalue weighted by Crippen LogP contribution is 2.25. The van der Waals surface area contributed by atoms with Gasteiger partial charge in [0.25, 0.3) is 5.56 Å². The van der Waals surface area contributed by atoms with Gasteiger partial charge in [0.05, 0.1) is 17.1 Å². The first kappa shape index (κ1) is 21.5. The summed E-state index contributed by atoms with van der Waals surface area (Å²) >= 11 is 3.45. The molecule has 2 aromatic heterocycles. The molecule has 0 saturated heterocycles. The lowest BCUT2D eigenvalue weighted by atomic mass is 9.97. The lowest BCUT2D eigenvalue weighted by Gasteiger charge is -2.19. The van der Waals surface area contributed by atoms with Crippen molar-refractivity contribution in [2.75, 3.05) is 0 Å². The minimum absolute atomic E-state index is 0.0557. The Morgan fingerprint density at radius 2 is 1.87 bits per heavy atom. The van der Waals surface area contributed by atoms with Gasteiger partial charge < -0.3 is 4.57 Å². The highest BCUT2D eigenvalue weighted by Gasteiger charge is 2.16. The topological polar surface area (TPSA) is 52.2 Å². The van der Waals surface area contributed by atoms with Crippen LogP contribution >= 0.6 is 15.9 Å². The van der Waals surface area contributed by atoms with E-state index in [-0.39, 0.29) is 16.9 Å². The average Bonchev–Trinajstić information content (AvgIpc) is 3.03. The van der Waals surface area contributed by atoms with Crippen LogP contribution in [0, 0.1) is 5.41 Å². The highest BCUT2D eigenvalue weighted by atomic mass is 79.9. The third-order valence-corrected chi connectivity index (χ3v) is 5.62. The Balaban J connectivity index is 1.87. The second kappa shape index (κ2) is 8.08. The van der Waals surface area contributed by atoms with Gasteiger partial charge in [0.15, 0.2) is 0 Å². The molecule has 5 nitrogen and oxygen atoms in total. The molecule has 0 saturated carbocycles. The summed E-state index contributed by atoms with van der Waals surface area (Å²) in [5.41, 5.74) is 2.81. The predicted molar refractivity (Wildman–Crippen MR) is 132 cm³/mol. The number of halogens is 1. The largest absolute Gasteiger partial charge is 0.346 e. The van der Waals surface area contributed by atoms with Crippen molar-refractivity contribution in [1.82, 2.24) is 14.2 Å². The summed E-state index contributed by atoms with van der Waals surface area (Å²) in [4.78, 5) is 18.0. The van der Waals surface area contributed by atoms with Crippen molar-refractivity contribution in [3.63, 3.8) is 0 Å². The number of para-hydroxylation sites is 1. The fourth-order valence-electron chi connectivity index (χ4n) is 3.79. The van der Waals surface area contributed by atoms with Crippen molar-refractivity contribution in [2.24, 2.45) is 10.5 Å². The van der Waals surface area contributed by atoms with Crippen molar-refractivity contribution in [3.05, 3.63) is 74.9 Å². The van der Waals surface area contributed by atoms with Gasteiger partial charge in [-0.3, -0.25) is 4.79 Å². The zero-order valence-electron chi connectivity index (χ0n) is 18.6. The van der Waals surface area contributed by atoms with E-state index in [4.69, 9.17) is 4.98 Å². The summed E-state index contributed by atoms with van der Waals surface area (Å²) in [6, 6.07) is 13.9. The summed E-state index contributed by atoms with van der Waals surface area (Å²) in [5.74, 6) is 0.703. The lowest BCUT2D eigenvalue weighted by molar-refractivity contribution is 0.349. The number of hydrogen-bond donors (Lipinski definition) is 0. The van der Waals surface area contributed by atoms with E-state index in [2.05, 4.69) is 70.8 Å². The average molecular weight is 479 g/mol. The molecule has 0 unspecified atom stereocenters. The lowest BCUT2D eigenvalue weighted by Crippen LogP contribution is -2.23. The minimum atomic E-state index is -0.162. The first-order valence-electron chi connectivity index (χ1n) is 10.5. The summed E-state index contributed by atoms with van der Waals surface area (Å²) in [6.45, 7) is 11.6. The monoisotopic (exact) mass is 478 g/mol. The molecule has 2 aromatic carbocycles. The van der Waals surface area contributed by atoms with Crippen molar-refractivity contribution < 1.29 is 0 Å². The fraction of sp³-hybridized carbons (Fsp3) is 0.320. The fourth-order valence-corrected chi connectivity index (χ4v) is 4.15. The summed E-state index contributed by atoms with van der Waals surface area (Å²) < 4.78 is 4.55. The molecule has 0 N–H and O–H groups in total. The molecule has 6 heteroatoms. The molecule has 0 spiro atoms. The Kier molecular flexibility index (Phi) is 5.60. The van der Waals surface area contributed by atoms with Crippen LogP contribution in [0.2, 0.25) is 0 Å². The van der Waals surface area contributed by atoms with Gasteiger partial charge in [-0.2, -0.15) is 9.78 Å². The van der Waals surface area contributed by atoms with Crippen LogP contribution < -0.4 is 5.56 Å². The molecule has 0 aliphatic rings. The molecule has 0 fully saturated rings. The Morgan fingerprint density at radius 1 is 1.13 bits per heavy atom. The zero-order valence-corrected chi connectivity index (χ0v) is 20.1. The third kappa shape index (κ3) is 4.35. The molecule has 0 atom stereocenters. The maximum Gasteiger partial charge on any atom is 0.282 e. The number of aromatic nitrogens is 3. The van der Waals surface area contributed by atoms with Gasteiger partial charge in [0.1, 0.15) is 5.82 Å². The van der Waals surface area contributed by atoms with Crippen LogP contribution in [0.5, 0.6) is 0 Å². The van der Waals surface area contributed by atoms with Gasteiger partial charge in [-0.1, -0.05) is 68.7 Å². The number of rotatable bonds is 4. The third-order valence-electron chi connectivity index (χ3n) is 5.13. The standard InChI is InChI=1S/C25H27BrN4O/c1-16(2)23-28-21-11-10-18(26)12-20(21)24(31)30(23)27-13-17-14-29(15-25(3,4)5)22-9-7-6-8-19(17)22/h6-14,16H,15H2,1-5H3. The molecule has 160 valence electrons. The number of nitrogens with zero attached hydrogens (tertiary/aromatic N) is 4. The van der Waals surface area contributed by atoms with Gasteiger partial charge in [-0.05, 0) is 29.7 Å². The van der Waals surface area contributed by atoms with E-state index < -0.39 is 0 Å². The second-order valence-corrected chi connectivity index (χ2v) is 10.4. The molecule has 0 bridgehead atoms. The van der Waals surface area contributed by atoms with Gasteiger partial charge >= 0.3 is 0 Å². The van der Waals surface area contributed by atoms with Crippen LogP contribution in [-0.4, -0.2) is 20.4 Å². The maximum atomic E-state index is 13.3. The molecule has 0 aliphatic carbocycles. The van der Waals surface area contributed by atoms with Crippen LogP contribution in [0.25, 0.3) is 21.8 Å². The Morgan fingerprint density at radius 3 is 2.58 bits per heavy atom. The van der Waals surface area contributed by atoms with E-state index >= 15 is 0 Å². The van der Waals surface area contributed by atoms with Gasteiger partial charge in [-0.25, -0.2) is 4.98 Å². The summed E-state index contributed by atoms with van der Waals surface area (Å²) in [6.07, 6.45) is 3.89. The van der Waals surface area contributed by atoms with Crippen molar-refractivity contribution in [3.8, 4) is 0 Å². The summed E-state index contributed by atoms with van der Waals surface area (Å²) in [5, 5.41) is 6.29. The first-order valence-corrected chi connectivity index (χ1v) is 11.3. The molecule has 4 rings (SSSR count). The molecule has 2 heterocycles. The molecule has 0 radical (unpaired) electrons. The number of hydrogen-bond acceptors (Lipinski definition) is 3. The quantitative estimate of drug-likeness (QED) is 0.329. The highest BCUT2D eigenvalue weighted by molar-refractivity contribution is 9.10. The van der Waals surface area contributed by atoms with Gasteiger partial charge in [0.2, 0.25) is 0 Å². The molecule has 0 amide bonds. The van der Waals surface area contributed by atoms with Crippen LogP contribution in [-0.2, 0) is 6.54 Å². The molecular formula is C25H27BrN4O. The Hall–Kier alpha value is -2.73. The van der Waals surface area contributed by atoms with Crippen LogP contribution in [0.4, 0.5) is 0 Å². The van der Waals surface area contributed by atoms with Crippen LogP contribution in [0.1, 0.15) is 51.9 Å². The van der Waals surface area contributed by atoms with Crippen LogP contribution in [0.3, 0.4) is 0 Å². The van der Waals surface area contributed by atoms with Crippen molar-refractivity contribution >= 4 is 44.0 Å². The Labute approximate surface area is 190 Å². The predicted octanol–water partition coefficient (Wildman–Crippen LogP) is 6.17. The first-order chi connectivity index (χ1) is 14.6. The van der Waals surface area contributed by atoms with Crippen molar-refractivity contribution in [2.45, 2.75) is 47.1 Å². The van der Waals surface area contributed by atoms with Gasteiger partial charge in [0, 0.05) is 39.6 Å². The normalized spacial score (nSPS) is 12.6. The van der Waals surface area contributed by atoms with E-state index in [1.165, 1.54) is 4.68 Å². The SMILES string of the molecule is CC(C)c1nc2ccc(Br)cc2c(=O)n1N=Cc1cn(CC(C)(C)C)c2ccccc12. The van der Waals surface area contributed by atoms with Gasteiger partial charge in [-0.15, -0.1) is 0 Å². The van der Waals surface area contributed by atoms with E-state index in [1.807, 2.05) is 32.0 Å². The summed E-state index contributed by atoms with van der Waals surface area (Å²) in [7, 11) is 0. The minimum Gasteiger partial charge on any atom is -0.346 e. The smallest absolute Gasteiger partial charge is 0.282 e. The van der Waals surface area contributed by atoms with Crippen molar-refractivity contribution in [1.29, 1.82) is 0 Å². The van der Waals surface area contributed by atoms with Crippen LogP contribution in [0.15, 0.2) is 63.0 Å². The molecule has 0 aliphatic heterocycles. The number of fused-ring (bicyclic) bond motifs is 2. The van der Waals surface area contributed by atoms with E-state index in [9.17, 15) is 4.79 Å². The number of benzene rings is 2. The molecule has 31 heavy (non-hydrogen) atoms.